The van der Waals surface area contributed by atoms with Crippen molar-refractivity contribution in [1.82, 2.24) is 9.99 Å². The van der Waals surface area contributed by atoms with Gasteiger partial charge in [-0.05, 0) is 78.7 Å². The molecule has 0 fully saturated rings. The fourth-order valence-electron chi connectivity index (χ4n) is 3.56. The Kier molecular flexibility index (Phi) is 7.37. The van der Waals surface area contributed by atoms with Crippen LogP contribution in [0.25, 0.3) is 16.9 Å². The summed E-state index contributed by atoms with van der Waals surface area (Å²) >= 11 is 0. The number of aromatic nitrogens is 1. The van der Waals surface area contributed by atoms with Crippen LogP contribution in [0.1, 0.15) is 21.6 Å². The summed E-state index contributed by atoms with van der Waals surface area (Å²) in [6, 6.07) is 28.7. The summed E-state index contributed by atoms with van der Waals surface area (Å²) in [7, 11) is 1.30. The number of esters is 1. The molecule has 0 spiro atoms. The Morgan fingerprint density at radius 2 is 1.63 bits per heavy atom. The summed E-state index contributed by atoms with van der Waals surface area (Å²) in [5, 5.41) is 4.03. The first-order chi connectivity index (χ1) is 17.0. The number of hydrogen-bond acceptors (Lipinski definition) is 5. The first-order valence-electron chi connectivity index (χ1n) is 11.0. The average Bonchev–Trinajstić information content (AvgIpc) is 3.29. The van der Waals surface area contributed by atoms with Crippen molar-refractivity contribution in [2.45, 2.75) is 6.92 Å². The molecule has 0 bridgehead atoms. The van der Waals surface area contributed by atoms with Gasteiger partial charge in [0.2, 0.25) is 0 Å². The Morgan fingerprint density at radius 3 is 2.31 bits per heavy atom. The molecular formula is C28H25N3O4. The van der Waals surface area contributed by atoms with Gasteiger partial charge < -0.3 is 14.0 Å². The minimum Gasteiger partial charge on any atom is -0.482 e. The van der Waals surface area contributed by atoms with Gasteiger partial charge in [0, 0.05) is 16.9 Å². The number of hydrogen-bond donors (Lipinski definition) is 1. The number of nitrogens with one attached hydrogen (secondary N) is 1. The van der Waals surface area contributed by atoms with Crippen LogP contribution < -0.4 is 10.2 Å². The largest absolute Gasteiger partial charge is 0.482 e. The Morgan fingerprint density at radius 1 is 0.914 bits per heavy atom. The summed E-state index contributed by atoms with van der Waals surface area (Å²) in [6.07, 6.45) is 1.53. The second kappa shape index (κ2) is 11.0. The molecule has 1 N–H and O–H groups in total. The third-order valence-corrected chi connectivity index (χ3v) is 5.38. The number of rotatable bonds is 8. The molecule has 0 saturated heterocycles. The predicted molar refractivity (Wildman–Crippen MR) is 135 cm³/mol. The fraction of sp³-hybridized carbons (Fsp3) is 0.107. The standard InChI is InChI=1S/C28H25N3O4/c1-20-8-17-26(22-6-4-3-5-7-22)31(20)24-13-11-23(12-14-24)28(33)30-29-18-21-9-15-25(16-10-21)35-19-27(32)34-2/h3-18H,19H2,1-2H3,(H,30,33)/b29-18+. The minimum atomic E-state index is -0.452. The van der Waals surface area contributed by atoms with Gasteiger partial charge in [-0.15, -0.1) is 0 Å². The summed E-state index contributed by atoms with van der Waals surface area (Å²) in [5.74, 6) is -0.227. The van der Waals surface area contributed by atoms with Gasteiger partial charge in [-0.25, -0.2) is 10.2 Å². The van der Waals surface area contributed by atoms with E-state index < -0.39 is 5.97 Å². The van der Waals surface area contributed by atoms with E-state index >= 15 is 0 Å². The molecule has 35 heavy (non-hydrogen) atoms. The molecule has 0 radical (unpaired) electrons. The molecular weight excluding hydrogens is 442 g/mol. The van der Waals surface area contributed by atoms with Crippen LogP contribution in [0.15, 0.2) is 96.1 Å². The highest BCUT2D eigenvalue weighted by molar-refractivity contribution is 5.95. The molecule has 0 aliphatic heterocycles. The highest BCUT2D eigenvalue weighted by Crippen LogP contribution is 2.26. The van der Waals surface area contributed by atoms with Crippen LogP contribution in [0.5, 0.6) is 5.75 Å². The maximum absolute atomic E-state index is 12.5. The molecule has 1 amide bonds. The van der Waals surface area contributed by atoms with E-state index in [1.165, 1.54) is 13.3 Å². The van der Waals surface area contributed by atoms with Crippen molar-refractivity contribution >= 4 is 18.1 Å². The third kappa shape index (κ3) is 5.83. The SMILES string of the molecule is COC(=O)COc1ccc(/C=N/NC(=O)c2ccc(-n3c(C)ccc3-c3ccccc3)cc2)cc1. The van der Waals surface area contributed by atoms with Crippen molar-refractivity contribution in [1.29, 1.82) is 0 Å². The first-order valence-corrected chi connectivity index (χ1v) is 11.0. The van der Waals surface area contributed by atoms with Crippen molar-refractivity contribution in [2.24, 2.45) is 5.10 Å². The van der Waals surface area contributed by atoms with Crippen LogP contribution in [-0.4, -0.2) is 36.4 Å². The van der Waals surface area contributed by atoms with Crippen molar-refractivity contribution in [3.05, 3.63) is 108 Å². The smallest absolute Gasteiger partial charge is 0.343 e. The molecule has 7 nitrogen and oxygen atoms in total. The first kappa shape index (κ1) is 23.5. The third-order valence-electron chi connectivity index (χ3n) is 5.38. The summed E-state index contributed by atoms with van der Waals surface area (Å²) in [4.78, 5) is 23.7. The van der Waals surface area contributed by atoms with Crippen molar-refractivity contribution in [3.63, 3.8) is 0 Å². The lowest BCUT2D eigenvalue weighted by Gasteiger charge is -2.12. The zero-order chi connectivity index (χ0) is 24.6. The van der Waals surface area contributed by atoms with Gasteiger partial charge in [0.1, 0.15) is 5.75 Å². The number of methoxy groups -OCH3 is 1. The predicted octanol–water partition coefficient (Wildman–Crippen LogP) is 4.77. The maximum Gasteiger partial charge on any atom is 0.343 e. The molecule has 0 atom stereocenters. The van der Waals surface area contributed by atoms with Crippen LogP contribution in [0, 0.1) is 6.92 Å². The van der Waals surface area contributed by atoms with E-state index in [-0.39, 0.29) is 12.5 Å². The second-order valence-electron chi connectivity index (χ2n) is 7.74. The molecule has 176 valence electrons. The van der Waals surface area contributed by atoms with Gasteiger partial charge in [-0.2, -0.15) is 5.10 Å². The highest BCUT2D eigenvalue weighted by atomic mass is 16.6. The Balaban J connectivity index is 1.38. The molecule has 0 saturated carbocycles. The highest BCUT2D eigenvalue weighted by Gasteiger charge is 2.11. The molecule has 0 aliphatic carbocycles. The van der Waals surface area contributed by atoms with Crippen LogP contribution in [0.4, 0.5) is 0 Å². The number of nitrogens with zero attached hydrogens (tertiary/aromatic N) is 2. The number of benzene rings is 3. The van der Waals surface area contributed by atoms with E-state index in [2.05, 4.69) is 51.0 Å². The lowest BCUT2D eigenvalue weighted by atomic mass is 10.1. The lowest BCUT2D eigenvalue weighted by Crippen LogP contribution is -2.17. The van der Waals surface area contributed by atoms with E-state index in [4.69, 9.17) is 4.74 Å². The molecule has 0 unspecified atom stereocenters. The number of hydrazone groups is 1. The van der Waals surface area contributed by atoms with Crippen LogP contribution in [-0.2, 0) is 9.53 Å². The zero-order valence-electron chi connectivity index (χ0n) is 19.5. The number of carbonyl (C=O) groups is 2. The zero-order valence-corrected chi connectivity index (χ0v) is 19.5. The summed E-state index contributed by atoms with van der Waals surface area (Å²) in [6.45, 7) is 1.90. The van der Waals surface area contributed by atoms with Gasteiger partial charge in [0.25, 0.3) is 5.91 Å². The molecule has 4 rings (SSSR count). The molecule has 1 heterocycles. The van der Waals surface area contributed by atoms with Gasteiger partial charge >= 0.3 is 5.97 Å². The van der Waals surface area contributed by atoms with E-state index in [1.807, 2.05) is 30.3 Å². The minimum absolute atomic E-state index is 0.156. The lowest BCUT2D eigenvalue weighted by molar-refractivity contribution is -0.142. The molecule has 0 aliphatic rings. The molecule has 7 heteroatoms. The van der Waals surface area contributed by atoms with Gasteiger partial charge in [-0.3, -0.25) is 4.79 Å². The average molecular weight is 468 g/mol. The summed E-state index contributed by atoms with van der Waals surface area (Å²) in [5.41, 5.74) is 8.10. The Bertz CT molecular complexity index is 1330. The van der Waals surface area contributed by atoms with Crippen LogP contribution in [0.2, 0.25) is 0 Å². The van der Waals surface area contributed by atoms with Gasteiger partial charge in [-0.1, -0.05) is 30.3 Å². The van der Waals surface area contributed by atoms with Gasteiger partial charge in [0.05, 0.1) is 19.0 Å². The van der Waals surface area contributed by atoms with E-state index in [0.29, 0.717) is 11.3 Å². The van der Waals surface area contributed by atoms with Crippen molar-refractivity contribution in [3.8, 4) is 22.7 Å². The number of amides is 1. The number of carbonyl (C=O) groups excluding carboxylic acids is 2. The molecule has 4 aromatic rings. The van der Waals surface area contributed by atoms with Gasteiger partial charge in [0.15, 0.2) is 6.61 Å². The topological polar surface area (TPSA) is 81.9 Å². The summed E-state index contributed by atoms with van der Waals surface area (Å²) < 4.78 is 12.0. The van der Waals surface area contributed by atoms with Crippen molar-refractivity contribution in [2.75, 3.05) is 13.7 Å². The monoisotopic (exact) mass is 467 g/mol. The van der Waals surface area contributed by atoms with E-state index in [9.17, 15) is 9.59 Å². The molecule has 1 aromatic heterocycles. The number of aryl methyl sites for hydroxylation is 1. The van der Waals surface area contributed by atoms with E-state index in [1.54, 1.807) is 36.4 Å². The normalized spacial score (nSPS) is 10.8. The van der Waals surface area contributed by atoms with E-state index in [0.717, 1.165) is 28.2 Å². The number of ether oxygens (including phenoxy) is 2. The quantitative estimate of drug-likeness (QED) is 0.230. The Labute approximate surface area is 203 Å². The van der Waals surface area contributed by atoms with Crippen molar-refractivity contribution < 1.29 is 19.1 Å². The van der Waals surface area contributed by atoms with Crippen LogP contribution >= 0.6 is 0 Å². The van der Waals surface area contributed by atoms with Crippen LogP contribution in [0.3, 0.4) is 0 Å². The molecule has 3 aromatic carbocycles. The fourth-order valence-corrected chi connectivity index (χ4v) is 3.56. The Hall–Kier alpha value is -4.65. The second-order valence-corrected chi connectivity index (χ2v) is 7.74. The maximum atomic E-state index is 12.5.